The molecule has 1 aromatic carbocycles. The summed E-state index contributed by atoms with van der Waals surface area (Å²) in [5.74, 6) is 0.985. The van der Waals surface area contributed by atoms with Crippen molar-refractivity contribution in [1.82, 2.24) is 0 Å². The summed E-state index contributed by atoms with van der Waals surface area (Å²) in [4.78, 5) is 12.3. The van der Waals surface area contributed by atoms with Crippen molar-refractivity contribution in [3.8, 4) is 0 Å². The number of benzene rings is 1. The molecule has 1 saturated carbocycles. The third kappa shape index (κ3) is 2.99. The average Bonchev–Trinajstić information content (AvgIpc) is 3.14. The fraction of sp³-hybridized carbons (Fsp3) is 0.588. The lowest BCUT2D eigenvalue weighted by Gasteiger charge is -2.17. The molecule has 19 heavy (non-hydrogen) atoms. The molecule has 0 spiro atoms. The van der Waals surface area contributed by atoms with Crippen LogP contribution in [-0.2, 0) is 9.53 Å². The van der Waals surface area contributed by atoms with Gasteiger partial charge in [0.2, 0.25) is 0 Å². The summed E-state index contributed by atoms with van der Waals surface area (Å²) in [5.41, 5.74) is 1.03. The largest absolute Gasteiger partial charge is 0.466 e. The summed E-state index contributed by atoms with van der Waals surface area (Å²) in [6.07, 6.45) is 2.98. The molecular weight excluding hydrogens is 236 g/mol. The highest BCUT2D eigenvalue weighted by molar-refractivity contribution is 5.82. The van der Waals surface area contributed by atoms with E-state index in [-0.39, 0.29) is 11.4 Å². The third-order valence-electron chi connectivity index (χ3n) is 4.13. The van der Waals surface area contributed by atoms with Gasteiger partial charge >= 0.3 is 5.97 Å². The number of rotatable bonds is 6. The van der Waals surface area contributed by atoms with Gasteiger partial charge in [0.05, 0.1) is 12.0 Å². The molecule has 2 heteroatoms. The Morgan fingerprint density at radius 1 is 1.37 bits per heavy atom. The first-order valence-electron chi connectivity index (χ1n) is 7.32. The van der Waals surface area contributed by atoms with Gasteiger partial charge in [-0.15, -0.1) is 0 Å². The third-order valence-corrected chi connectivity index (χ3v) is 4.13. The van der Waals surface area contributed by atoms with E-state index in [1.54, 1.807) is 0 Å². The Balaban J connectivity index is 2.12. The Morgan fingerprint density at radius 3 is 2.63 bits per heavy atom. The van der Waals surface area contributed by atoms with Gasteiger partial charge in [-0.05, 0) is 37.7 Å². The zero-order valence-corrected chi connectivity index (χ0v) is 12.2. The highest BCUT2D eigenvalue weighted by Gasteiger charge is 2.60. The summed E-state index contributed by atoms with van der Waals surface area (Å²) in [7, 11) is 0. The Kier molecular flexibility index (Phi) is 4.28. The van der Waals surface area contributed by atoms with Gasteiger partial charge in [-0.25, -0.2) is 0 Å². The van der Waals surface area contributed by atoms with Gasteiger partial charge < -0.3 is 4.74 Å². The van der Waals surface area contributed by atoms with Crippen LogP contribution in [0, 0.1) is 11.3 Å². The Hall–Kier alpha value is -1.31. The second kappa shape index (κ2) is 5.77. The highest BCUT2D eigenvalue weighted by atomic mass is 16.5. The van der Waals surface area contributed by atoms with Gasteiger partial charge in [0.25, 0.3) is 0 Å². The Bertz CT molecular complexity index is 424. The van der Waals surface area contributed by atoms with E-state index in [1.165, 1.54) is 5.56 Å². The molecule has 104 valence electrons. The smallest absolute Gasteiger partial charge is 0.312 e. The normalized spacial score (nSPS) is 25.4. The van der Waals surface area contributed by atoms with Crippen LogP contribution < -0.4 is 0 Å². The van der Waals surface area contributed by atoms with Crippen LogP contribution in [0.4, 0.5) is 0 Å². The van der Waals surface area contributed by atoms with Crippen LogP contribution in [0.25, 0.3) is 0 Å². The molecular formula is C17H24O2. The zero-order valence-electron chi connectivity index (χ0n) is 12.2. The molecule has 1 aliphatic rings. The lowest BCUT2D eigenvalue weighted by atomic mass is 9.91. The van der Waals surface area contributed by atoms with Crippen molar-refractivity contribution in [3.05, 3.63) is 35.9 Å². The van der Waals surface area contributed by atoms with E-state index in [1.807, 2.05) is 25.1 Å². The van der Waals surface area contributed by atoms with Crippen molar-refractivity contribution in [3.63, 3.8) is 0 Å². The molecule has 2 nitrogen and oxygen atoms in total. The zero-order chi connectivity index (χ0) is 13.9. The summed E-state index contributed by atoms with van der Waals surface area (Å²) < 4.78 is 5.31. The fourth-order valence-electron chi connectivity index (χ4n) is 2.85. The van der Waals surface area contributed by atoms with E-state index in [2.05, 4.69) is 26.0 Å². The summed E-state index contributed by atoms with van der Waals surface area (Å²) in [6, 6.07) is 10.4. The topological polar surface area (TPSA) is 26.3 Å². The molecule has 2 atom stereocenters. The van der Waals surface area contributed by atoms with Crippen molar-refractivity contribution in [2.24, 2.45) is 11.3 Å². The van der Waals surface area contributed by atoms with Crippen molar-refractivity contribution in [2.75, 3.05) is 6.61 Å². The van der Waals surface area contributed by atoms with Gasteiger partial charge in [0.1, 0.15) is 0 Å². The molecule has 2 rings (SSSR count). The van der Waals surface area contributed by atoms with Gasteiger partial charge in [-0.2, -0.15) is 0 Å². The van der Waals surface area contributed by atoms with Crippen molar-refractivity contribution >= 4 is 5.97 Å². The van der Waals surface area contributed by atoms with E-state index in [9.17, 15) is 4.79 Å². The SMILES string of the molecule is CCOC(=O)[C@@]1(CCC(C)C)C[C@@H]1c1ccccc1. The summed E-state index contributed by atoms with van der Waals surface area (Å²) in [6.45, 7) is 6.77. The predicted molar refractivity (Wildman–Crippen MR) is 76.9 cm³/mol. The Labute approximate surface area is 116 Å². The molecule has 0 saturated heterocycles. The first-order chi connectivity index (χ1) is 9.10. The van der Waals surface area contributed by atoms with Crippen molar-refractivity contribution in [2.45, 2.75) is 46.0 Å². The molecule has 0 bridgehead atoms. The van der Waals surface area contributed by atoms with Crippen LogP contribution in [0.2, 0.25) is 0 Å². The second-order valence-corrected chi connectivity index (χ2v) is 5.98. The van der Waals surface area contributed by atoms with Crippen LogP contribution in [0.5, 0.6) is 0 Å². The van der Waals surface area contributed by atoms with E-state index < -0.39 is 0 Å². The molecule has 0 heterocycles. The van der Waals surface area contributed by atoms with E-state index in [0.29, 0.717) is 18.4 Å². The minimum absolute atomic E-state index is 0.00417. The van der Waals surface area contributed by atoms with E-state index in [4.69, 9.17) is 4.74 Å². The highest BCUT2D eigenvalue weighted by Crippen LogP contribution is 2.63. The maximum absolute atomic E-state index is 12.3. The van der Waals surface area contributed by atoms with Crippen LogP contribution in [0.1, 0.15) is 51.5 Å². The van der Waals surface area contributed by atoms with Gasteiger partial charge in [-0.1, -0.05) is 44.2 Å². The number of hydrogen-bond donors (Lipinski definition) is 0. The van der Waals surface area contributed by atoms with Crippen molar-refractivity contribution in [1.29, 1.82) is 0 Å². The predicted octanol–water partition coefficient (Wildman–Crippen LogP) is 4.16. The second-order valence-electron chi connectivity index (χ2n) is 5.98. The van der Waals surface area contributed by atoms with Crippen LogP contribution in [0.3, 0.4) is 0 Å². The number of esters is 1. The standard InChI is InChI=1S/C17H24O2/c1-4-19-16(18)17(11-10-13(2)3)12-15(17)14-8-6-5-7-9-14/h5-9,13,15H,4,10-12H2,1-3H3/t15-,17+/m1/s1. The van der Waals surface area contributed by atoms with Crippen LogP contribution >= 0.6 is 0 Å². The van der Waals surface area contributed by atoms with Crippen LogP contribution in [-0.4, -0.2) is 12.6 Å². The average molecular weight is 260 g/mol. The minimum Gasteiger partial charge on any atom is -0.466 e. The molecule has 1 aromatic rings. The first kappa shape index (κ1) is 14.1. The lowest BCUT2D eigenvalue weighted by molar-refractivity contribution is -0.150. The van der Waals surface area contributed by atoms with E-state index in [0.717, 1.165) is 19.3 Å². The molecule has 1 aliphatic carbocycles. The summed E-state index contributed by atoms with van der Waals surface area (Å²) >= 11 is 0. The van der Waals surface area contributed by atoms with Crippen LogP contribution in [0.15, 0.2) is 30.3 Å². The minimum atomic E-state index is -0.248. The quantitative estimate of drug-likeness (QED) is 0.718. The monoisotopic (exact) mass is 260 g/mol. The maximum atomic E-state index is 12.3. The molecule has 0 amide bonds. The van der Waals surface area contributed by atoms with E-state index >= 15 is 0 Å². The van der Waals surface area contributed by atoms with Crippen molar-refractivity contribution < 1.29 is 9.53 Å². The number of carbonyl (C=O) groups excluding carboxylic acids is 1. The maximum Gasteiger partial charge on any atom is 0.312 e. The molecule has 0 aromatic heterocycles. The van der Waals surface area contributed by atoms with Gasteiger partial charge in [0.15, 0.2) is 0 Å². The summed E-state index contributed by atoms with van der Waals surface area (Å²) in [5, 5.41) is 0. The molecule has 0 radical (unpaired) electrons. The van der Waals surface area contributed by atoms with Gasteiger partial charge in [0, 0.05) is 5.92 Å². The first-order valence-corrected chi connectivity index (χ1v) is 7.32. The molecule has 1 fully saturated rings. The lowest BCUT2D eigenvalue weighted by Crippen LogP contribution is -2.21. The number of carbonyl (C=O) groups is 1. The molecule has 0 aliphatic heterocycles. The Morgan fingerprint density at radius 2 is 2.05 bits per heavy atom. The number of ether oxygens (including phenoxy) is 1. The fourth-order valence-corrected chi connectivity index (χ4v) is 2.85. The number of hydrogen-bond acceptors (Lipinski definition) is 2. The molecule has 0 N–H and O–H groups in total. The van der Waals surface area contributed by atoms with Gasteiger partial charge in [-0.3, -0.25) is 4.79 Å². The molecule has 0 unspecified atom stereocenters.